The molecule has 2 aromatic rings. The van der Waals surface area contributed by atoms with Gasteiger partial charge < -0.3 is 10.5 Å². The molecule has 1 saturated carbocycles. The monoisotopic (exact) mass is 232 g/mol. The number of hydrogen-bond acceptors (Lipinski definition) is 4. The summed E-state index contributed by atoms with van der Waals surface area (Å²) in [6.07, 6.45) is 2.78. The van der Waals surface area contributed by atoms with E-state index in [1.807, 2.05) is 29.6 Å². The van der Waals surface area contributed by atoms with E-state index in [0.29, 0.717) is 11.2 Å². The topological polar surface area (TPSA) is 48.1 Å². The van der Waals surface area contributed by atoms with Crippen LogP contribution in [0.2, 0.25) is 0 Å². The van der Waals surface area contributed by atoms with E-state index in [4.69, 9.17) is 10.5 Å². The van der Waals surface area contributed by atoms with Crippen molar-refractivity contribution in [3.63, 3.8) is 0 Å². The fraction of sp³-hybridized carbons (Fsp3) is 0.250. The molecule has 1 aliphatic carbocycles. The second-order valence-electron chi connectivity index (χ2n) is 3.92. The average Bonchev–Trinajstić information content (AvgIpc) is 2.98. The summed E-state index contributed by atoms with van der Waals surface area (Å²) in [4.78, 5) is 4.26. The van der Waals surface area contributed by atoms with Crippen LogP contribution in [0.15, 0.2) is 29.6 Å². The molecule has 0 radical (unpaired) electrons. The zero-order valence-corrected chi connectivity index (χ0v) is 9.54. The molecule has 1 fully saturated rings. The van der Waals surface area contributed by atoms with Crippen molar-refractivity contribution in [3.05, 3.63) is 29.6 Å². The molecule has 82 valence electrons. The van der Waals surface area contributed by atoms with Crippen molar-refractivity contribution in [1.82, 2.24) is 4.98 Å². The van der Waals surface area contributed by atoms with Gasteiger partial charge in [0.15, 0.2) is 5.13 Å². The molecule has 0 atom stereocenters. The molecule has 0 bridgehead atoms. The van der Waals surface area contributed by atoms with E-state index in [1.165, 1.54) is 24.2 Å². The molecule has 3 rings (SSSR count). The maximum atomic E-state index is 5.74. The van der Waals surface area contributed by atoms with Gasteiger partial charge in [-0.05, 0) is 25.0 Å². The molecule has 0 saturated heterocycles. The molecular formula is C12H12N2OS. The fourth-order valence-electron chi connectivity index (χ4n) is 1.53. The summed E-state index contributed by atoms with van der Waals surface area (Å²) in [7, 11) is 0. The van der Waals surface area contributed by atoms with Crippen molar-refractivity contribution in [2.45, 2.75) is 18.9 Å². The Morgan fingerprint density at radius 3 is 2.94 bits per heavy atom. The second kappa shape index (κ2) is 3.79. The molecule has 1 aliphatic rings. The van der Waals surface area contributed by atoms with Crippen LogP contribution in [0.3, 0.4) is 0 Å². The van der Waals surface area contributed by atoms with Crippen LogP contribution in [0, 0.1) is 0 Å². The summed E-state index contributed by atoms with van der Waals surface area (Å²) in [5.74, 6) is 0.923. The quantitative estimate of drug-likeness (QED) is 0.885. The Balaban J connectivity index is 1.88. The molecule has 0 aliphatic heterocycles. The standard InChI is InChI=1S/C12H12N2OS/c13-12-14-11(7-16-12)8-2-1-3-10(6-8)15-9-4-5-9/h1-3,6-7,9H,4-5H2,(H2,13,14). The fourth-order valence-corrected chi connectivity index (χ4v) is 2.10. The third-order valence-corrected chi connectivity index (χ3v) is 3.15. The highest BCUT2D eigenvalue weighted by Crippen LogP contribution is 2.30. The number of anilines is 1. The van der Waals surface area contributed by atoms with Crippen LogP contribution in [0.25, 0.3) is 11.3 Å². The van der Waals surface area contributed by atoms with Gasteiger partial charge in [-0.25, -0.2) is 4.98 Å². The Labute approximate surface area is 97.9 Å². The van der Waals surface area contributed by atoms with Crippen molar-refractivity contribution in [1.29, 1.82) is 0 Å². The molecule has 3 nitrogen and oxygen atoms in total. The van der Waals surface area contributed by atoms with Crippen molar-refractivity contribution in [3.8, 4) is 17.0 Å². The molecule has 0 amide bonds. The Kier molecular flexibility index (Phi) is 2.29. The lowest BCUT2D eigenvalue weighted by Gasteiger charge is -2.05. The number of rotatable bonds is 3. The van der Waals surface area contributed by atoms with Gasteiger partial charge in [0, 0.05) is 10.9 Å². The van der Waals surface area contributed by atoms with Crippen molar-refractivity contribution in [2.24, 2.45) is 0 Å². The largest absolute Gasteiger partial charge is 0.490 e. The van der Waals surface area contributed by atoms with E-state index in [2.05, 4.69) is 4.98 Å². The van der Waals surface area contributed by atoms with E-state index in [1.54, 1.807) is 0 Å². The summed E-state index contributed by atoms with van der Waals surface area (Å²) in [5.41, 5.74) is 7.60. The maximum Gasteiger partial charge on any atom is 0.180 e. The minimum Gasteiger partial charge on any atom is -0.490 e. The lowest BCUT2D eigenvalue weighted by molar-refractivity contribution is 0.303. The average molecular weight is 232 g/mol. The second-order valence-corrected chi connectivity index (χ2v) is 4.81. The molecule has 0 unspecified atom stereocenters. The molecule has 4 heteroatoms. The highest BCUT2D eigenvalue weighted by atomic mass is 32.1. The molecule has 1 aromatic heterocycles. The first-order valence-corrected chi connectivity index (χ1v) is 6.17. The minimum absolute atomic E-state index is 0.427. The molecule has 2 N–H and O–H groups in total. The first-order chi connectivity index (χ1) is 7.81. The third kappa shape index (κ3) is 2.02. The minimum atomic E-state index is 0.427. The summed E-state index contributed by atoms with van der Waals surface area (Å²) in [6, 6.07) is 8.02. The van der Waals surface area contributed by atoms with Crippen LogP contribution in [0.4, 0.5) is 5.13 Å². The van der Waals surface area contributed by atoms with Gasteiger partial charge in [0.1, 0.15) is 5.75 Å². The predicted molar refractivity (Wildman–Crippen MR) is 65.6 cm³/mol. The van der Waals surface area contributed by atoms with E-state index in [9.17, 15) is 0 Å². The summed E-state index contributed by atoms with van der Waals surface area (Å²) < 4.78 is 5.74. The van der Waals surface area contributed by atoms with Crippen LogP contribution < -0.4 is 10.5 Å². The van der Waals surface area contributed by atoms with Crippen LogP contribution in [0.5, 0.6) is 5.75 Å². The normalized spacial score (nSPS) is 15.0. The van der Waals surface area contributed by atoms with E-state index in [-0.39, 0.29) is 0 Å². The van der Waals surface area contributed by atoms with Crippen molar-refractivity contribution >= 4 is 16.5 Å². The van der Waals surface area contributed by atoms with Gasteiger partial charge in [-0.1, -0.05) is 12.1 Å². The van der Waals surface area contributed by atoms with Gasteiger partial charge in [0.05, 0.1) is 11.8 Å². The first-order valence-electron chi connectivity index (χ1n) is 5.29. The zero-order valence-electron chi connectivity index (χ0n) is 8.72. The zero-order chi connectivity index (χ0) is 11.0. The maximum absolute atomic E-state index is 5.74. The van der Waals surface area contributed by atoms with Gasteiger partial charge in [-0.2, -0.15) is 0 Å². The Morgan fingerprint density at radius 1 is 1.38 bits per heavy atom. The highest BCUT2D eigenvalue weighted by molar-refractivity contribution is 7.13. The van der Waals surface area contributed by atoms with Gasteiger partial charge >= 0.3 is 0 Å². The number of ether oxygens (including phenoxy) is 1. The molecule has 0 spiro atoms. The summed E-state index contributed by atoms with van der Waals surface area (Å²) in [6.45, 7) is 0. The molecule has 1 heterocycles. The first kappa shape index (κ1) is 9.66. The smallest absolute Gasteiger partial charge is 0.180 e. The number of nitrogens with zero attached hydrogens (tertiary/aromatic N) is 1. The molecule has 16 heavy (non-hydrogen) atoms. The van der Waals surface area contributed by atoms with Gasteiger partial charge in [0.2, 0.25) is 0 Å². The molecular weight excluding hydrogens is 220 g/mol. The van der Waals surface area contributed by atoms with Gasteiger partial charge in [-0.3, -0.25) is 0 Å². The van der Waals surface area contributed by atoms with Crippen LogP contribution in [0.1, 0.15) is 12.8 Å². The predicted octanol–water partition coefficient (Wildman–Crippen LogP) is 2.93. The third-order valence-electron chi connectivity index (χ3n) is 2.48. The number of nitrogens with two attached hydrogens (primary N) is 1. The Morgan fingerprint density at radius 2 is 2.25 bits per heavy atom. The molecule has 1 aromatic carbocycles. The van der Waals surface area contributed by atoms with E-state index >= 15 is 0 Å². The van der Waals surface area contributed by atoms with Crippen LogP contribution in [-0.2, 0) is 0 Å². The number of hydrogen-bond donors (Lipinski definition) is 1. The van der Waals surface area contributed by atoms with Crippen molar-refractivity contribution in [2.75, 3.05) is 5.73 Å². The number of benzene rings is 1. The number of aromatic nitrogens is 1. The SMILES string of the molecule is Nc1nc(-c2cccc(OC3CC3)c2)cs1. The Hall–Kier alpha value is -1.55. The van der Waals surface area contributed by atoms with Crippen molar-refractivity contribution < 1.29 is 4.74 Å². The van der Waals surface area contributed by atoms with Crippen LogP contribution in [-0.4, -0.2) is 11.1 Å². The Bertz CT molecular complexity index is 505. The lowest BCUT2D eigenvalue weighted by atomic mass is 10.2. The van der Waals surface area contributed by atoms with E-state index < -0.39 is 0 Å². The van der Waals surface area contributed by atoms with Gasteiger partial charge in [-0.15, -0.1) is 11.3 Å². The lowest BCUT2D eigenvalue weighted by Crippen LogP contribution is -1.95. The van der Waals surface area contributed by atoms with E-state index in [0.717, 1.165) is 17.0 Å². The van der Waals surface area contributed by atoms with Gasteiger partial charge in [0.25, 0.3) is 0 Å². The van der Waals surface area contributed by atoms with Crippen LogP contribution >= 0.6 is 11.3 Å². The highest BCUT2D eigenvalue weighted by Gasteiger charge is 2.23. The number of thiazole rings is 1. The number of nitrogen functional groups attached to an aromatic ring is 1. The summed E-state index contributed by atoms with van der Waals surface area (Å²) >= 11 is 1.46. The summed E-state index contributed by atoms with van der Waals surface area (Å²) in [5, 5.41) is 2.56.